The Morgan fingerprint density at radius 3 is 2.33 bits per heavy atom. The average molecular weight is 530 g/mol. The maximum atomic E-state index is 12.5. The number of hydrazone groups is 1. The molecular weight excluding hydrogens is 494 g/mol. The van der Waals surface area contributed by atoms with Crippen molar-refractivity contribution in [2.75, 3.05) is 6.61 Å². The number of nitrogens with zero attached hydrogens (tertiary/aromatic N) is 2. The molecule has 4 rings (SSSR count). The first-order valence-corrected chi connectivity index (χ1v) is 12.9. The lowest BCUT2D eigenvalue weighted by Gasteiger charge is -2.23. The van der Waals surface area contributed by atoms with Gasteiger partial charge in [0.05, 0.1) is 12.8 Å². The van der Waals surface area contributed by atoms with Gasteiger partial charge in [-0.1, -0.05) is 0 Å². The van der Waals surface area contributed by atoms with Crippen LogP contribution in [0.1, 0.15) is 61.0 Å². The maximum Gasteiger partial charge on any atom is 0.307 e. The SMILES string of the molecule is CCOc1cc(/C=N/NC(=O)c2ccc(COc3ccc(-n4c(C)ccc4C)cc3)o2)ccc1OC(C)(C)C. The monoisotopic (exact) mass is 529 g/mol. The molecule has 2 aromatic heterocycles. The Balaban J connectivity index is 1.31. The van der Waals surface area contributed by atoms with E-state index in [-0.39, 0.29) is 18.0 Å². The van der Waals surface area contributed by atoms with Crippen molar-refractivity contribution in [1.82, 2.24) is 9.99 Å². The second-order valence-electron chi connectivity index (χ2n) is 10.1. The molecule has 0 aliphatic heterocycles. The van der Waals surface area contributed by atoms with Crippen molar-refractivity contribution in [3.05, 3.63) is 95.2 Å². The predicted molar refractivity (Wildman–Crippen MR) is 151 cm³/mol. The molecule has 8 heteroatoms. The summed E-state index contributed by atoms with van der Waals surface area (Å²) in [6.07, 6.45) is 1.54. The predicted octanol–water partition coefficient (Wildman–Crippen LogP) is 6.61. The van der Waals surface area contributed by atoms with E-state index >= 15 is 0 Å². The number of carbonyl (C=O) groups excluding carboxylic acids is 1. The molecule has 2 heterocycles. The van der Waals surface area contributed by atoms with Crippen LogP contribution in [0.3, 0.4) is 0 Å². The van der Waals surface area contributed by atoms with Gasteiger partial charge in [0.25, 0.3) is 0 Å². The first-order chi connectivity index (χ1) is 18.6. The molecule has 0 radical (unpaired) electrons. The van der Waals surface area contributed by atoms with Gasteiger partial charge >= 0.3 is 5.91 Å². The standard InChI is InChI=1S/C31H35N3O5/c1-7-36-29-18-23(10-16-27(29)39-31(4,5)6)19-32-33-30(35)28-17-15-26(38-28)20-37-25-13-11-24(12-14-25)34-21(2)8-9-22(34)3/h8-19H,7,20H2,1-6H3,(H,33,35)/b32-19+. The van der Waals surface area contributed by atoms with Crippen LogP contribution in [0.5, 0.6) is 17.2 Å². The average Bonchev–Trinajstić information content (AvgIpc) is 3.50. The fourth-order valence-corrected chi connectivity index (χ4v) is 4.01. The molecule has 204 valence electrons. The molecule has 0 bridgehead atoms. The summed E-state index contributed by atoms with van der Waals surface area (Å²) in [5.74, 6) is 2.18. The molecule has 0 atom stereocenters. The number of furan rings is 1. The number of amides is 1. The lowest BCUT2D eigenvalue weighted by Crippen LogP contribution is -2.23. The quantitative estimate of drug-likeness (QED) is 0.185. The molecular formula is C31H35N3O5. The van der Waals surface area contributed by atoms with Crippen LogP contribution in [0.15, 0.2) is 76.2 Å². The highest BCUT2D eigenvalue weighted by Crippen LogP contribution is 2.31. The van der Waals surface area contributed by atoms with Crippen LogP contribution in [-0.4, -0.2) is 28.9 Å². The summed E-state index contributed by atoms with van der Waals surface area (Å²) in [6, 6.07) is 20.8. The number of aromatic nitrogens is 1. The molecule has 1 N–H and O–H groups in total. The van der Waals surface area contributed by atoms with E-state index in [9.17, 15) is 4.79 Å². The Morgan fingerprint density at radius 1 is 0.949 bits per heavy atom. The Hall–Kier alpha value is -4.46. The zero-order valence-electron chi connectivity index (χ0n) is 23.3. The van der Waals surface area contributed by atoms with Crippen molar-refractivity contribution >= 4 is 12.1 Å². The third-order valence-corrected chi connectivity index (χ3v) is 5.70. The number of nitrogens with one attached hydrogen (secondary N) is 1. The molecule has 0 aliphatic carbocycles. The molecule has 0 spiro atoms. The number of aryl methyl sites for hydroxylation is 2. The van der Waals surface area contributed by atoms with E-state index in [4.69, 9.17) is 18.6 Å². The second kappa shape index (κ2) is 11.9. The zero-order chi connectivity index (χ0) is 28.0. The van der Waals surface area contributed by atoms with E-state index in [1.807, 2.05) is 70.2 Å². The Bertz CT molecular complexity index is 1420. The lowest BCUT2D eigenvalue weighted by atomic mass is 10.1. The maximum absolute atomic E-state index is 12.5. The molecule has 0 saturated heterocycles. The number of rotatable bonds is 10. The topological polar surface area (TPSA) is 87.2 Å². The van der Waals surface area contributed by atoms with Crippen molar-refractivity contribution in [3.63, 3.8) is 0 Å². The van der Waals surface area contributed by atoms with Gasteiger partial charge < -0.3 is 23.2 Å². The number of hydrogen-bond donors (Lipinski definition) is 1. The Labute approximate surface area is 229 Å². The van der Waals surface area contributed by atoms with Gasteiger partial charge in [0, 0.05) is 17.1 Å². The second-order valence-corrected chi connectivity index (χ2v) is 10.1. The van der Waals surface area contributed by atoms with Crippen molar-refractivity contribution in [2.24, 2.45) is 5.10 Å². The Morgan fingerprint density at radius 2 is 1.67 bits per heavy atom. The summed E-state index contributed by atoms with van der Waals surface area (Å²) in [7, 11) is 0. The molecule has 39 heavy (non-hydrogen) atoms. The van der Waals surface area contributed by atoms with E-state index in [0.29, 0.717) is 29.6 Å². The lowest BCUT2D eigenvalue weighted by molar-refractivity contribution is 0.0923. The van der Waals surface area contributed by atoms with Gasteiger partial charge in [-0.2, -0.15) is 5.10 Å². The summed E-state index contributed by atoms with van der Waals surface area (Å²) >= 11 is 0. The molecule has 0 aliphatic rings. The third-order valence-electron chi connectivity index (χ3n) is 5.70. The highest BCUT2D eigenvalue weighted by molar-refractivity contribution is 5.92. The van der Waals surface area contributed by atoms with Crippen molar-refractivity contribution in [3.8, 4) is 22.9 Å². The largest absolute Gasteiger partial charge is 0.490 e. The molecule has 1 amide bonds. The van der Waals surface area contributed by atoms with Gasteiger partial charge in [0.1, 0.15) is 23.7 Å². The summed E-state index contributed by atoms with van der Waals surface area (Å²) in [5.41, 5.74) is 6.30. The zero-order valence-corrected chi connectivity index (χ0v) is 23.3. The molecule has 8 nitrogen and oxygen atoms in total. The minimum atomic E-state index is -0.461. The fourth-order valence-electron chi connectivity index (χ4n) is 4.01. The van der Waals surface area contributed by atoms with Crippen molar-refractivity contribution in [1.29, 1.82) is 0 Å². The van der Waals surface area contributed by atoms with Gasteiger partial charge in [-0.25, -0.2) is 5.43 Å². The first kappa shape index (κ1) is 27.6. The highest BCUT2D eigenvalue weighted by atomic mass is 16.5. The third kappa shape index (κ3) is 7.31. The van der Waals surface area contributed by atoms with E-state index < -0.39 is 5.91 Å². The van der Waals surface area contributed by atoms with Gasteiger partial charge in [-0.05, 0) is 114 Å². The Kier molecular flexibility index (Phi) is 8.44. The number of hydrogen-bond acceptors (Lipinski definition) is 6. The van der Waals surface area contributed by atoms with Crippen LogP contribution in [0.2, 0.25) is 0 Å². The van der Waals surface area contributed by atoms with Crippen LogP contribution < -0.4 is 19.6 Å². The highest BCUT2D eigenvalue weighted by Gasteiger charge is 2.16. The van der Waals surface area contributed by atoms with Crippen molar-refractivity contribution < 1.29 is 23.4 Å². The summed E-state index contributed by atoms with van der Waals surface area (Å²) in [5, 5.41) is 4.05. The van der Waals surface area contributed by atoms with Gasteiger partial charge in [-0.3, -0.25) is 4.79 Å². The van der Waals surface area contributed by atoms with Crippen LogP contribution >= 0.6 is 0 Å². The van der Waals surface area contributed by atoms with E-state index in [0.717, 1.165) is 11.3 Å². The summed E-state index contributed by atoms with van der Waals surface area (Å²) < 4.78 is 25.3. The number of carbonyl (C=O) groups is 1. The van der Waals surface area contributed by atoms with Crippen molar-refractivity contribution in [2.45, 2.75) is 53.8 Å². The number of benzene rings is 2. The summed E-state index contributed by atoms with van der Waals surface area (Å²) in [6.45, 7) is 12.7. The fraction of sp³-hybridized carbons (Fsp3) is 0.290. The van der Waals surface area contributed by atoms with E-state index in [1.165, 1.54) is 17.6 Å². The minimum absolute atomic E-state index is 0.142. The minimum Gasteiger partial charge on any atom is -0.490 e. The van der Waals surface area contributed by atoms with Crippen LogP contribution in [0.25, 0.3) is 5.69 Å². The van der Waals surface area contributed by atoms with E-state index in [1.54, 1.807) is 12.1 Å². The molecule has 4 aromatic rings. The molecule has 0 unspecified atom stereocenters. The normalized spacial score (nSPS) is 11.5. The van der Waals surface area contributed by atoms with Gasteiger partial charge in [0.15, 0.2) is 17.3 Å². The molecule has 0 fully saturated rings. The van der Waals surface area contributed by atoms with Crippen LogP contribution in [0, 0.1) is 13.8 Å². The molecule has 0 saturated carbocycles. The number of ether oxygens (including phenoxy) is 3. The first-order valence-electron chi connectivity index (χ1n) is 12.9. The summed E-state index contributed by atoms with van der Waals surface area (Å²) in [4.78, 5) is 12.5. The molecule has 2 aromatic carbocycles. The van der Waals surface area contributed by atoms with E-state index in [2.05, 4.69) is 41.1 Å². The smallest absolute Gasteiger partial charge is 0.307 e. The van der Waals surface area contributed by atoms with Crippen LogP contribution in [-0.2, 0) is 6.61 Å². The van der Waals surface area contributed by atoms with Gasteiger partial charge in [0.2, 0.25) is 0 Å². The van der Waals surface area contributed by atoms with Gasteiger partial charge in [-0.15, -0.1) is 0 Å². The van der Waals surface area contributed by atoms with Crippen LogP contribution in [0.4, 0.5) is 0 Å².